The number of amides is 2. The van der Waals surface area contributed by atoms with Crippen molar-refractivity contribution in [2.24, 2.45) is 0 Å². The molecule has 3 aromatic rings. The number of ether oxygens (including phenoxy) is 4. The summed E-state index contributed by atoms with van der Waals surface area (Å²) >= 11 is 0. The van der Waals surface area contributed by atoms with E-state index in [9.17, 15) is 14.4 Å². The molecular formula is C28H41N7O7. The molecule has 0 aliphatic rings. The lowest BCUT2D eigenvalue weighted by atomic mass is 10.1. The zero-order valence-electron chi connectivity index (χ0n) is 24.7. The van der Waals surface area contributed by atoms with E-state index >= 15 is 0 Å². The van der Waals surface area contributed by atoms with E-state index in [1.54, 1.807) is 45.0 Å². The van der Waals surface area contributed by atoms with Gasteiger partial charge in [0, 0.05) is 18.7 Å². The number of anilines is 1. The average molecular weight is 588 g/mol. The minimum absolute atomic E-state index is 0.123. The number of unbranched alkanes of at least 4 members (excludes halogenated alkanes) is 1. The maximum atomic E-state index is 12.6. The highest BCUT2D eigenvalue weighted by Crippen LogP contribution is 2.19. The van der Waals surface area contributed by atoms with Crippen molar-refractivity contribution in [3.05, 3.63) is 45.9 Å². The van der Waals surface area contributed by atoms with Crippen LogP contribution < -0.4 is 26.8 Å². The van der Waals surface area contributed by atoms with Gasteiger partial charge in [0.1, 0.15) is 11.1 Å². The summed E-state index contributed by atoms with van der Waals surface area (Å²) in [5.74, 6) is -0.105. The molecule has 3 rings (SSSR count). The van der Waals surface area contributed by atoms with Gasteiger partial charge < -0.3 is 40.3 Å². The SMILES string of the molecule is CCCCOc1nc(N)c2[nH]c(=O)n(Cc3ccc(C(=O)NCCOCCOCCNC(=O)OC(C)(C)C)cc3)c2n1. The average Bonchev–Trinajstić information content (AvgIpc) is 3.24. The van der Waals surface area contributed by atoms with Crippen molar-refractivity contribution in [3.63, 3.8) is 0 Å². The molecule has 0 radical (unpaired) electrons. The van der Waals surface area contributed by atoms with Crippen molar-refractivity contribution in [1.29, 1.82) is 0 Å². The topological polar surface area (TPSA) is 185 Å². The van der Waals surface area contributed by atoms with E-state index in [4.69, 9.17) is 24.7 Å². The van der Waals surface area contributed by atoms with Gasteiger partial charge in [-0.15, -0.1) is 0 Å². The van der Waals surface area contributed by atoms with Crippen molar-refractivity contribution in [2.45, 2.75) is 52.7 Å². The van der Waals surface area contributed by atoms with Crippen LogP contribution in [-0.2, 0) is 20.8 Å². The minimum atomic E-state index is -0.543. The van der Waals surface area contributed by atoms with Crippen molar-refractivity contribution in [1.82, 2.24) is 30.2 Å². The number of aromatic nitrogens is 4. The van der Waals surface area contributed by atoms with Gasteiger partial charge in [0.2, 0.25) is 0 Å². The lowest BCUT2D eigenvalue weighted by Gasteiger charge is -2.19. The largest absolute Gasteiger partial charge is 0.463 e. The number of nitrogens with two attached hydrogens (primary N) is 1. The number of hydrogen-bond acceptors (Lipinski definition) is 10. The van der Waals surface area contributed by atoms with Crippen LogP contribution in [0.4, 0.5) is 10.6 Å². The Morgan fingerprint density at radius 2 is 1.64 bits per heavy atom. The first-order valence-corrected chi connectivity index (χ1v) is 14.0. The van der Waals surface area contributed by atoms with Crippen molar-refractivity contribution in [2.75, 3.05) is 51.9 Å². The highest BCUT2D eigenvalue weighted by Gasteiger charge is 2.16. The zero-order chi connectivity index (χ0) is 30.5. The number of fused-ring (bicyclic) bond motifs is 1. The number of nitrogens with one attached hydrogen (secondary N) is 3. The lowest BCUT2D eigenvalue weighted by molar-refractivity contribution is 0.0400. The summed E-state index contributed by atoms with van der Waals surface area (Å²) in [6, 6.07) is 7.04. The smallest absolute Gasteiger partial charge is 0.407 e. The summed E-state index contributed by atoms with van der Waals surface area (Å²) in [4.78, 5) is 47.8. The second-order valence-electron chi connectivity index (χ2n) is 10.4. The van der Waals surface area contributed by atoms with Gasteiger partial charge >= 0.3 is 17.8 Å². The third kappa shape index (κ3) is 10.3. The van der Waals surface area contributed by atoms with Crippen LogP contribution in [0, 0.1) is 0 Å². The minimum Gasteiger partial charge on any atom is -0.463 e. The van der Waals surface area contributed by atoms with Gasteiger partial charge in [0.05, 0.1) is 39.6 Å². The molecule has 0 atom stereocenters. The molecule has 0 fully saturated rings. The first kappa shape index (κ1) is 32.3. The molecule has 2 aromatic heterocycles. The van der Waals surface area contributed by atoms with Crippen LogP contribution in [0.2, 0.25) is 0 Å². The molecule has 2 amide bonds. The molecule has 14 heteroatoms. The van der Waals surface area contributed by atoms with Crippen LogP contribution in [0.1, 0.15) is 56.5 Å². The zero-order valence-corrected chi connectivity index (χ0v) is 24.7. The molecular weight excluding hydrogens is 546 g/mol. The number of H-pyrrole nitrogens is 1. The van der Waals surface area contributed by atoms with E-state index in [-0.39, 0.29) is 30.0 Å². The van der Waals surface area contributed by atoms with Gasteiger partial charge in [-0.3, -0.25) is 9.36 Å². The van der Waals surface area contributed by atoms with Gasteiger partial charge in [0.15, 0.2) is 11.5 Å². The van der Waals surface area contributed by atoms with Crippen LogP contribution in [0.3, 0.4) is 0 Å². The molecule has 42 heavy (non-hydrogen) atoms. The van der Waals surface area contributed by atoms with E-state index in [2.05, 4.69) is 25.6 Å². The Morgan fingerprint density at radius 1 is 0.976 bits per heavy atom. The normalized spacial score (nSPS) is 11.4. The van der Waals surface area contributed by atoms with Gasteiger partial charge in [-0.1, -0.05) is 25.5 Å². The number of carbonyl (C=O) groups excluding carboxylic acids is 2. The van der Waals surface area contributed by atoms with Gasteiger partial charge in [0.25, 0.3) is 5.91 Å². The van der Waals surface area contributed by atoms with Crippen LogP contribution >= 0.6 is 0 Å². The Bertz CT molecular complexity index is 1360. The highest BCUT2D eigenvalue weighted by molar-refractivity contribution is 5.94. The molecule has 1 aromatic carbocycles. The lowest BCUT2D eigenvalue weighted by Crippen LogP contribution is -2.34. The number of carbonyl (C=O) groups is 2. The molecule has 2 heterocycles. The first-order chi connectivity index (χ1) is 20.1. The summed E-state index contributed by atoms with van der Waals surface area (Å²) in [5.41, 5.74) is 7.07. The Morgan fingerprint density at radius 3 is 2.29 bits per heavy atom. The van der Waals surface area contributed by atoms with Crippen LogP contribution in [0.15, 0.2) is 29.1 Å². The molecule has 230 valence electrons. The summed E-state index contributed by atoms with van der Waals surface area (Å²) < 4.78 is 23.0. The highest BCUT2D eigenvalue weighted by atomic mass is 16.6. The summed E-state index contributed by atoms with van der Waals surface area (Å²) in [6.07, 6.45) is 1.32. The predicted octanol–water partition coefficient (Wildman–Crippen LogP) is 2.22. The number of rotatable bonds is 16. The summed E-state index contributed by atoms with van der Waals surface area (Å²) in [6.45, 7) is 10.1. The summed E-state index contributed by atoms with van der Waals surface area (Å²) in [5, 5.41) is 5.41. The fraction of sp³-hybridized carbons (Fsp3) is 0.536. The fourth-order valence-electron chi connectivity index (χ4n) is 3.69. The van der Waals surface area contributed by atoms with E-state index in [1.807, 2.05) is 6.92 Å². The Hall–Kier alpha value is -4.17. The van der Waals surface area contributed by atoms with E-state index in [0.29, 0.717) is 62.9 Å². The van der Waals surface area contributed by atoms with E-state index in [1.165, 1.54) is 4.57 Å². The van der Waals surface area contributed by atoms with Crippen LogP contribution in [0.25, 0.3) is 11.2 Å². The maximum Gasteiger partial charge on any atom is 0.407 e. The molecule has 14 nitrogen and oxygen atoms in total. The number of hydrogen-bond donors (Lipinski definition) is 4. The van der Waals surface area contributed by atoms with Gasteiger partial charge in [-0.2, -0.15) is 9.97 Å². The second kappa shape index (κ2) is 15.7. The number of imidazole rings is 1. The standard InChI is InChI=1S/C28H41N7O7/c1-5-6-13-41-25-33-22(29)21-23(34-25)35(26(37)32-21)18-19-7-9-20(10-8-19)24(36)30-11-14-39-16-17-40-15-12-31-27(38)42-28(2,3)4/h7-10H,5-6,11-18H2,1-4H3,(H,30,36)(H,31,38)(H,32,37)(H2,29,33,34). The number of nitrogen functional groups attached to an aromatic ring is 1. The van der Waals surface area contributed by atoms with Crippen molar-refractivity contribution >= 4 is 29.0 Å². The maximum absolute atomic E-state index is 12.6. The Balaban J connectivity index is 1.38. The Kier molecular flexibility index (Phi) is 12.1. The summed E-state index contributed by atoms with van der Waals surface area (Å²) in [7, 11) is 0. The third-order valence-electron chi connectivity index (χ3n) is 5.73. The first-order valence-electron chi connectivity index (χ1n) is 14.0. The Labute approximate surface area is 244 Å². The number of aromatic amines is 1. The number of alkyl carbamates (subject to hydrolysis) is 1. The fourth-order valence-corrected chi connectivity index (χ4v) is 3.69. The van der Waals surface area contributed by atoms with Crippen LogP contribution in [0.5, 0.6) is 6.01 Å². The van der Waals surface area contributed by atoms with Gasteiger partial charge in [-0.25, -0.2) is 9.59 Å². The molecule has 0 spiro atoms. The van der Waals surface area contributed by atoms with E-state index < -0.39 is 11.7 Å². The quantitative estimate of drug-likeness (QED) is 0.181. The monoisotopic (exact) mass is 587 g/mol. The molecule has 0 saturated heterocycles. The third-order valence-corrected chi connectivity index (χ3v) is 5.73. The van der Waals surface area contributed by atoms with Gasteiger partial charge in [-0.05, 0) is 44.9 Å². The van der Waals surface area contributed by atoms with Crippen molar-refractivity contribution < 1.29 is 28.5 Å². The molecule has 5 N–H and O–H groups in total. The molecule has 0 saturated carbocycles. The number of benzene rings is 1. The molecule has 0 aliphatic heterocycles. The molecule has 0 unspecified atom stereocenters. The molecule has 0 aliphatic carbocycles. The van der Waals surface area contributed by atoms with E-state index in [0.717, 1.165) is 18.4 Å². The second-order valence-corrected chi connectivity index (χ2v) is 10.4. The number of nitrogens with zero attached hydrogens (tertiary/aromatic N) is 3. The predicted molar refractivity (Wildman–Crippen MR) is 157 cm³/mol. The molecule has 0 bridgehead atoms. The van der Waals surface area contributed by atoms with Crippen molar-refractivity contribution in [3.8, 4) is 6.01 Å². The van der Waals surface area contributed by atoms with Crippen LogP contribution in [-0.4, -0.2) is 83.2 Å².